The minimum Gasteiger partial charge on any atom is -0.481 e. The first kappa shape index (κ1) is 16.7. The number of Topliss-reactive ketones (excluding diaryl/α,β-unsaturated/α-hetero) is 1. The lowest BCUT2D eigenvalue weighted by Gasteiger charge is -2.33. The molecule has 2 aliphatic carbocycles. The lowest BCUT2D eigenvalue weighted by molar-refractivity contribution is -0.150. The fourth-order valence-electron chi connectivity index (χ4n) is 3.89. The normalized spacial score (nSPS) is 19.6. The van der Waals surface area contributed by atoms with E-state index in [-0.39, 0.29) is 18.1 Å². The molecule has 0 spiro atoms. The Balaban J connectivity index is 1.76. The molecular formula is C18H23NO5. The standard InChI is InChI=1S/C18H23NO5/c1-11-14-12(20)6-5-7-13(14)24-15(11)16(21)19-10-18(17(22)23)8-3-2-4-9-18/h2-10H2,1H3,(H,19,21)(H,22,23). The highest BCUT2D eigenvalue weighted by Crippen LogP contribution is 2.36. The molecule has 0 atom stereocenters. The number of nitrogens with one attached hydrogen (secondary N) is 1. The summed E-state index contributed by atoms with van der Waals surface area (Å²) in [4.78, 5) is 36.2. The van der Waals surface area contributed by atoms with Gasteiger partial charge in [0.15, 0.2) is 11.5 Å². The van der Waals surface area contributed by atoms with Crippen LogP contribution in [0.15, 0.2) is 4.42 Å². The molecule has 0 saturated heterocycles. The van der Waals surface area contributed by atoms with Crippen molar-refractivity contribution in [3.8, 4) is 0 Å². The summed E-state index contributed by atoms with van der Waals surface area (Å²) in [5.41, 5.74) is 0.223. The SMILES string of the molecule is Cc1c(C(=O)NCC2(C(=O)O)CCCCC2)oc2c1C(=O)CCC2. The summed E-state index contributed by atoms with van der Waals surface area (Å²) in [5, 5.41) is 12.3. The van der Waals surface area contributed by atoms with Crippen LogP contribution in [0, 0.1) is 12.3 Å². The van der Waals surface area contributed by atoms with Crippen LogP contribution in [0.2, 0.25) is 0 Å². The Labute approximate surface area is 140 Å². The van der Waals surface area contributed by atoms with Gasteiger partial charge in [-0.15, -0.1) is 0 Å². The minimum absolute atomic E-state index is 0.0193. The topological polar surface area (TPSA) is 96.6 Å². The van der Waals surface area contributed by atoms with E-state index in [1.54, 1.807) is 6.92 Å². The van der Waals surface area contributed by atoms with Crippen molar-refractivity contribution >= 4 is 17.7 Å². The summed E-state index contributed by atoms with van der Waals surface area (Å²) < 4.78 is 5.62. The number of hydrogen-bond donors (Lipinski definition) is 2. The zero-order valence-electron chi connectivity index (χ0n) is 13.9. The summed E-state index contributed by atoms with van der Waals surface area (Å²) in [6.07, 6.45) is 5.81. The molecule has 1 amide bonds. The molecule has 0 aliphatic heterocycles. The molecule has 1 saturated carbocycles. The van der Waals surface area contributed by atoms with E-state index in [2.05, 4.69) is 5.32 Å². The van der Waals surface area contributed by atoms with Crippen molar-refractivity contribution in [3.05, 3.63) is 22.6 Å². The Morgan fingerprint density at radius 2 is 1.88 bits per heavy atom. The number of carboxylic acid groups (broad SMARTS) is 1. The van der Waals surface area contributed by atoms with E-state index < -0.39 is 17.3 Å². The number of amides is 1. The molecule has 1 heterocycles. The van der Waals surface area contributed by atoms with Crippen LogP contribution in [0.5, 0.6) is 0 Å². The Kier molecular flexibility index (Phi) is 4.47. The molecule has 0 radical (unpaired) electrons. The first-order valence-electron chi connectivity index (χ1n) is 8.62. The van der Waals surface area contributed by atoms with Crippen molar-refractivity contribution < 1.29 is 23.9 Å². The van der Waals surface area contributed by atoms with Crippen LogP contribution in [0.25, 0.3) is 0 Å². The van der Waals surface area contributed by atoms with Crippen LogP contribution in [0.4, 0.5) is 0 Å². The number of hydrogen-bond acceptors (Lipinski definition) is 4. The van der Waals surface area contributed by atoms with Crippen molar-refractivity contribution in [2.45, 2.75) is 58.3 Å². The Morgan fingerprint density at radius 1 is 1.17 bits per heavy atom. The number of carboxylic acids is 1. The van der Waals surface area contributed by atoms with Gasteiger partial charge in [-0.05, 0) is 26.2 Å². The first-order chi connectivity index (χ1) is 11.4. The van der Waals surface area contributed by atoms with Crippen LogP contribution in [0.3, 0.4) is 0 Å². The molecule has 6 nitrogen and oxygen atoms in total. The first-order valence-corrected chi connectivity index (χ1v) is 8.62. The molecule has 1 aromatic heterocycles. The van der Waals surface area contributed by atoms with Gasteiger partial charge in [0.05, 0.1) is 11.0 Å². The molecule has 0 unspecified atom stereocenters. The van der Waals surface area contributed by atoms with E-state index in [0.717, 1.165) is 25.7 Å². The van der Waals surface area contributed by atoms with Gasteiger partial charge >= 0.3 is 5.97 Å². The number of aryl methyl sites for hydroxylation is 1. The van der Waals surface area contributed by atoms with Crippen molar-refractivity contribution in [3.63, 3.8) is 0 Å². The average molecular weight is 333 g/mol. The fraction of sp³-hybridized carbons (Fsp3) is 0.611. The number of fused-ring (bicyclic) bond motifs is 1. The molecule has 2 N–H and O–H groups in total. The summed E-state index contributed by atoms with van der Waals surface area (Å²) in [6.45, 7) is 1.81. The third-order valence-corrected chi connectivity index (χ3v) is 5.36. The van der Waals surface area contributed by atoms with Crippen molar-refractivity contribution in [2.75, 3.05) is 6.54 Å². The van der Waals surface area contributed by atoms with Crippen LogP contribution < -0.4 is 5.32 Å². The third kappa shape index (κ3) is 2.85. The zero-order valence-corrected chi connectivity index (χ0v) is 13.9. The van der Waals surface area contributed by atoms with Crippen LogP contribution >= 0.6 is 0 Å². The lowest BCUT2D eigenvalue weighted by atomic mass is 9.74. The number of carbonyl (C=O) groups excluding carboxylic acids is 2. The van der Waals surface area contributed by atoms with Crippen molar-refractivity contribution in [2.24, 2.45) is 5.41 Å². The smallest absolute Gasteiger partial charge is 0.311 e. The molecule has 130 valence electrons. The summed E-state index contributed by atoms with van der Waals surface area (Å²) in [5.74, 6) is -0.536. The number of carbonyl (C=O) groups is 3. The number of rotatable bonds is 4. The predicted molar refractivity (Wildman–Crippen MR) is 86.2 cm³/mol. The van der Waals surface area contributed by atoms with E-state index in [1.165, 1.54) is 0 Å². The van der Waals surface area contributed by atoms with Gasteiger partial charge in [0.1, 0.15) is 5.76 Å². The largest absolute Gasteiger partial charge is 0.481 e. The van der Waals surface area contributed by atoms with Gasteiger partial charge in [-0.1, -0.05) is 19.3 Å². The Hall–Kier alpha value is -2.11. The molecule has 6 heteroatoms. The van der Waals surface area contributed by atoms with Gasteiger partial charge in [-0.25, -0.2) is 0 Å². The summed E-state index contributed by atoms with van der Waals surface area (Å²) in [7, 11) is 0. The molecule has 1 aromatic rings. The highest BCUT2D eigenvalue weighted by molar-refractivity contribution is 6.03. The van der Waals surface area contributed by atoms with Crippen molar-refractivity contribution in [1.29, 1.82) is 0 Å². The van der Waals surface area contributed by atoms with E-state index >= 15 is 0 Å². The van der Waals surface area contributed by atoms with Gasteiger partial charge in [-0.2, -0.15) is 0 Å². The third-order valence-electron chi connectivity index (χ3n) is 5.36. The fourth-order valence-corrected chi connectivity index (χ4v) is 3.89. The van der Waals surface area contributed by atoms with Crippen LogP contribution in [0.1, 0.15) is 77.2 Å². The number of furan rings is 1. The van der Waals surface area contributed by atoms with Crippen molar-refractivity contribution in [1.82, 2.24) is 5.32 Å². The van der Waals surface area contributed by atoms with Gasteiger partial charge in [0.25, 0.3) is 5.91 Å². The average Bonchev–Trinajstić information content (AvgIpc) is 2.91. The Morgan fingerprint density at radius 3 is 2.50 bits per heavy atom. The second-order valence-corrected chi connectivity index (χ2v) is 6.96. The molecule has 0 aromatic carbocycles. The molecule has 1 fully saturated rings. The summed E-state index contributed by atoms with van der Waals surface area (Å²) >= 11 is 0. The van der Waals surface area contributed by atoms with E-state index in [9.17, 15) is 19.5 Å². The number of ketones is 1. The summed E-state index contributed by atoms with van der Waals surface area (Å²) in [6, 6.07) is 0. The molecule has 24 heavy (non-hydrogen) atoms. The van der Waals surface area contributed by atoms with Gasteiger partial charge < -0.3 is 14.8 Å². The minimum atomic E-state index is -0.885. The van der Waals surface area contributed by atoms with Gasteiger partial charge in [0, 0.05) is 24.9 Å². The van der Waals surface area contributed by atoms with E-state index in [4.69, 9.17) is 4.42 Å². The van der Waals surface area contributed by atoms with E-state index in [0.29, 0.717) is 42.6 Å². The van der Waals surface area contributed by atoms with E-state index in [1.807, 2.05) is 0 Å². The molecule has 2 aliphatic rings. The van der Waals surface area contributed by atoms with Crippen LogP contribution in [-0.4, -0.2) is 29.3 Å². The zero-order chi connectivity index (χ0) is 17.3. The predicted octanol–water partition coefficient (Wildman–Crippen LogP) is 2.87. The number of aliphatic carboxylic acids is 1. The molecular weight excluding hydrogens is 310 g/mol. The second kappa shape index (κ2) is 6.42. The molecule has 3 rings (SSSR count). The highest BCUT2D eigenvalue weighted by atomic mass is 16.4. The van der Waals surface area contributed by atoms with Gasteiger partial charge in [-0.3, -0.25) is 14.4 Å². The second-order valence-electron chi connectivity index (χ2n) is 6.96. The molecule has 0 bridgehead atoms. The van der Waals surface area contributed by atoms with Crippen LogP contribution in [-0.2, 0) is 11.2 Å². The maximum Gasteiger partial charge on any atom is 0.311 e. The highest BCUT2D eigenvalue weighted by Gasteiger charge is 2.40. The van der Waals surface area contributed by atoms with Gasteiger partial charge in [0.2, 0.25) is 0 Å². The quantitative estimate of drug-likeness (QED) is 0.883. The maximum absolute atomic E-state index is 12.5. The lowest BCUT2D eigenvalue weighted by Crippen LogP contribution is -2.44. The monoisotopic (exact) mass is 333 g/mol. The Bertz CT molecular complexity index is 682. The maximum atomic E-state index is 12.5.